The summed E-state index contributed by atoms with van der Waals surface area (Å²) >= 11 is 0. The summed E-state index contributed by atoms with van der Waals surface area (Å²) in [6.07, 6.45) is 7.87. The van der Waals surface area contributed by atoms with E-state index in [2.05, 4.69) is 31.4 Å². The van der Waals surface area contributed by atoms with Crippen LogP contribution in [0.5, 0.6) is 0 Å². The number of rotatable bonds is 7. The van der Waals surface area contributed by atoms with Crippen molar-refractivity contribution in [1.29, 1.82) is 0 Å². The molecule has 0 aromatic carbocycles. The van der Waals surface area contributed by atoms with Gasteiger partial charge in [-0.1, -0.05) is 33.1 Å². The maximum Gasteiger partial charge on any atom is 0.221 e. The Morgan fingerprint density at radius 3 is 2.67 bits per heavy atom. The second kappa shape index (κ2) is 8.52. The lowest BCUT2D eigenvalue weighted by Crippen LogP contribution is -2.41. The van der Waals surface area contributed by atoms with E-state index in [1.54, 1.807) is 0 Å². The molecular weight excluding hydrogens is 224 g/mol. The molecule has 1 amide bonds. The summed E-state index contributed by atoms with van der Waals surface area (Å²) in [5.41, 5.74) is 0. The Hall–Kier alpha value is -0.570. The molecule has 0 bridgehead atoms. The second-order valence-electron chi connectivity index (χ2n) is 6.14. The van der Waals surface area contributed by atoms with Gasteiger partial charge in [0.05, 0.1) is 0 Å². The zero-order valence-corrected chi connectivity index (χ0v) is 12.3. The summed E-state index contributed by atoms with van der Waals surface area (Å²) in [5.74, 6) is 0.978. The minimum atomic E-state index is 0.214. The highest BCUT2D eigenvalue weighted by Gasteiger charge is 2.17. The monoisotopic (exact) mass is 254 g/mol. The Balaban J connectivity index is 2.10. The standard InChI is InChI=1S/C15H30N2O/c1-12(2)7-6-8-13(3)17-15(18)11-14-9-4-5-10-16-14/h12-14,16H,4-11H2,1-3H3,(H,17,18). The van der Waals surface area contributed by atoms with Gasteiger partial charge in [-0.25, -0.2) is 0 Å². The van der Waals surface area contributed by atoms with E-state index in [1.807, 2.05) is 0 Å². The first-order chi connectivity index (χ1) is 8.58. The quantitative estimate of drug-likeness (QED) is 0.733. The Morgan fingerprint density at radius 2 is 2.06 bits per heavy atom. The van der Waals surface area contributed by atoms with E-state index in [0.717, 1.165) is 25.3 Å². The third kappa shape index (κ3) is 7.00. The summed E-state index contributed by atoms with van der Waals surface area (Å²) in [6, 6.07) is 0.724. The van der Waals surface area contributed by atoms with E-state index < -0.39 is 0 Å². The third-order valence-corrected chi connectivity index (χ3v) is 3.67. The zero-order chi connectivity index (χ0) is 13.4. The molecule has 0 spiro atoms. The Labute approximate surface area is 112 Å². The fourth-order valence-corrected chi connectivity index (χ4v) is 2.56. The van der Waals surface area contributed by atoms with Crippen LogP contribution in [0.3, 0.4) is 0 Å². The van der Waals surface area contributed by atoms with Crippen LogP contribution in [0.25, 0.3) is 0 Å². The first-order valence-electron chi connectivity index (χ1n) is 7.60. The van der Waals surface area contributed by atoms with Gasteiger partial charge in [-0.3, -0.25) is 4.79 Å². The van der Waals surface area contributed by atoms with Crippen molar-refractivity contribution < 1.29 is 4.79 Å². The van der Waals surface area contributed by atoms with Gasteiger partial charge < -0.3 is 10.6 Å². The molecule has 0 aliphatic carbocycles. The van der Waals surface area contributed by atoms with Crippen LogP contribution in [0.4, 0.5) is 0 Å². The maximum absolute atomic E-state index is 11.9. The minimum Gasteiger partial charge on any atom is -0.354 e. The average molecular weight is 254 g/mol. The molecule has 1 heterocycles. The first kappa shape index (κ1) is 15.5. The Kier molecular flexibility index (Phi) is 7.33. The van der Waals surface area contributed by atoms with Crippen LogP contribution >= 0.6 is 0 Å². The van der Waals surface area contributed by atoms with Gasteiger partial charge in [0.15, 0.2) is 0 Å². The maximum atomic E-state index is 11.9. The molecule has 3 nitrogen and oxygen atoms in total. The first-order valence-corrected chi connectivity index (χ1v) is 7.60. The van der Waals surface area contributed by atoms with Crippen LogP contribution in [0.2, 0.25) is 0 Å². The number of amides is 1. The summed E-state index contributed by atoms with van der Waals surface area (Å²) in [5, 5.41) is 6.54. The molecule has 0 saturated carbocycles. The smallest absolute Gasteiger partial charge is 0.221 e. The van der Waals surface area contributed by atoms with Gasteiger partial charge in [0.1, 0.15) is 0 Å². The molecule has 0 radical (unpaired) electrons. The lowest BCUT2D eigenvalue weighted by molar-refractivity contribution is -0.122. The van der Waals surface area contributed by atoms with Crippen molar-refractivity contribution in [3.8, 4) is 0 Å². The van der Waals surface area contributed by atoms with Crippen LogP contribution in [0.15, 0.2) is 0 Å². The summed E-state index contributed by atoms with van der Waals surface area (Å²) < 4.78 is 0. The van der Waals surface area contributed by atoms with E-state index in [4.69, 9.17) is 0 Å². The van der Waals surface area contributed by atoms with Gasteiger partial charge in [-0.2, -0.15) is 0 Å². The fourth-order valence-electron chi connectivity index (χ4n) is 2.56. The second-order valence-corrected chi connectivity index (χ2v) is 6.14. The molecule has 1 saturated heterocycles. The van der Waals surface area contributed by atoms with Gasteiger partial charge in [0, 0.05) is 18.5 Å². The summed E-state index contributed by atoms with van der Waals surface area (Å²) in [6.45, 7) is 7.68. The van der Waals surface area contributed by atoms with Gasteiger partial charge in [0.2, 0.25) is 5.91 Å². The molecule has 1 fully saturated rings. The van der Waals surface area contributed by atoms with Crippen LogP contribution in [0, 0.1) is 5.92 Å². The molecule has 1 rings (SSSR count). The van der Waals surface area contributed by atoms with Gasteiger partial charge in [-0.15, -0.1) is 0 Å². The predicted octanol–water partition coefficient (Wildman–Crippen LogP) is 2.85. The highest BCUT2D eigenvalue weighted by molar-refractivity contribution is 5.76. The van der Waals surface area contributed by atoms with Gasteiger partial charge in [-0.05, 0) is 38.6 Å². The van der Waals surface area contributed by atoms with Crippen LogP contribution in [0.1, 0.15) is 65.7 Å². The largest absolute Gasteiger partial charge is 0.354 e. The summed E-state index contributed by atoms with van der Waals surface area (Å²) in [4.78, 5) is 11.9. The highest BCUT2D eigenvalue weighted by Crippen LogP contribution is 2.11. The number of piperidine rings is 1. The molecular formula is C15H30N2O. The molecule has 0 aromatic heterocycles. The predicted molar refractivity (Wildman–Crippen MR) is 76.6 cm³/mol. The number of carbonyl (C=O) groups excluding carboxylic acids is 1. The van der Waals surface area contributed by atoms with Crippen molar-refractivity contribution in [2.24, 2.45) is 5.92 Å². The van der Waals surface area contributed by atoms with Crippen LogP contribution in [-0.2, 0) is 4.79 Å². The normalized spacial score (nSPS) is 21.9. The zero-order valence-electron chi connectivity index (χ0n) is 12.3. The van der Waals surface area contributed by atoms with E-state index >= 15 is 0 Å². The minimum absolute atomic E-state index is 0.214. The van der Waals surface area contributed by atoms with E-state index in [0.29, 0.717) is 18.5 Å². The molecule has 3 heteroatoms. The Morgan fingerprint density at radius 1 is 1.28 bits per heavy atom. The van der Waals surface area contributed by atoms with Crippen LogP contribution in [-0.4, -0.2) is 24.5 Å². The van der Waals surface area contributed by atoms with Crippen LogP contribution < -0.4 is 10.6 Å². The van der Waals surface area contributed by atoms with E-state index in [1.165, 1.54) is 25.7 Å². The molecule has 2 atom stereocenters. The number of hydrogen-bond donors (Lipinski definition) is 2. The lowest BCUT2D eigenvalue weighted by atomic mass is 10.0. The lowest BCUT2D eigenvalue weighted by Gasteiger charge is -2.23. The van der Waals surface area contributed by atoms with E-state index in [9.17, 15) is 4.79 Å². The SMILES string of the molecule is CC(C)CCCC(C)NC(=O)CC1CCCCN1. The van der Waals surface area contributed by atoms with Crippen molar-refractivity contribution in [3.05, 3.63) is 0 Å². The van der Waals surface area contributed by atoms with Crippen molar-refractivity contribution in [3.63, 3.8) is 0 Å². The average Bonchev–Trinajstić information content (AvgIpc) is 2.29. The number of nitrogens with one attached hydrogen (secondary N) is 2. The Bertz CT molecular complexity index is 235. The van der Waals surface area contributed by atoms with Crippen molar-refractivity contribution in [2.45, 2.75) is 77.8 Å². The molecule has 0 aromatic rings. The van der Waals surface area contributed by atoms with Crippen molar-refractivity contribution in [2.75, 3.05) is 6.54 Å². The topological polar surface area (TPSA) is 41.1 Å². The van der Waals surface area contributed by atoms with Crippen molar-refractivity contribution >= 4 is 5.91 Å². The molecule has 2 unspecified atom stereocenters. The van der Waals surface area contributed by atoms with Gasteiger partial charge in [0.25, 0.3) is 0 Å². The number of carbonyl (C=O) groups is 1. The molecule has 2 N–H and O–H groups in total. The molecule has 1 aliphatic rings. The van der Waals surface area contributed by atoms with Crippen molar-refractivity contribution in [1.82, 2.24) is 10.6 Å². The molecule has 1 aliphatic heterocycles. The van der Waals surface area contributed by atoms with Gasteiger partial charge >= 0.3 is 0 Å². The molecule has 18 heavy (non-hydrogen) atoms. The number of hydrogen-bond acceptors (Lipinski definition) is 2. The third-order valence-electron chi connectivity index (χ3n) is 3.67. The fraction of sp³-hybridized carbons (Fsp3) is 0.933. The molecule has 106 valence electrons. The van der Waals surface area contributed by atoms with E-state index in [-0.39, 0.29) is 5.91 Å². The highest BCUT2D eigenvalue weighted by atomic mass is 16.1. The summed E-state index contributed by atoms with van der Waals surface area (Å²) in [7, 11) is 0.